The number of ether oxygens (including phenoxy) is 1. The van der Waals surface area contributed by atoms with Gasteiger partial charge in [0.2, 0.25) is 0 Å². The molecular weight excluding hydrogens is 447 g/mol. The second kappa shape index (κ2) is 8.83. The highest BCUT2D eigenvalue weighted by Crippen LogP contribution is 2.38. The molecule has 5 rings (SSSR count). The Kier molecular flexibility index (Phi) is 5.70. The average Bonchev–Trinajstić information content (AvgIpc) is 3.28. The molecule has 9 heteroatoms. The molecule has 1 aromatic heterocycles. The van der Waals surface area contributed by atoms with E-state index in [9.17, 15) is 18.0 Å². The van der Waals surface area contributed by atoms with Crippen LogP contribution in [0.15, 0.2) is 71.3 Å². The number of aromatic nitrogens is 1. The normalized spacial score (nSPS) is 14.4. The van der Waals surface area contributed by atoms with Crippen molar-refractivity contribution in [2.24, 2.45) is 0 Å². The maximum atomic E-state index is 13.8. The minimum atomic E-state index is -4.64. The van der Waals surface area contributed by atoms with Crippen LogP contribution in [0.5, 0.6) is 0 Å². The smallest absolute Gasteiger partial charge is 0.378 e. The topological polar surface area (TPSA) is 67.6 Å². The van der Waals surface area contributed by atoms with Gasteiger partial charge in [0.25, 0.3) is 5.91 Å². The molecule has 0 spiro atoms. The number of nitrogens with zero attached hydrogens (tertiary/aromatic N) is 2. The lowest BCUT2D eigenvalue weighted by Crippen LogP contribution is -2.36. The highest BCUT2D eigenvalue weighted by Gasteiger charge is 2.35. The first-order valence-corrected chi connectivity index (χ1v) is 10.7. The lowest BCUT2D eigenvalue weighted by atomic mass is 10.1. The number of morpholine rings is 1. The van der Waals surface area contributed by atoms with E-state index in [0.717, 1.165) is 11.6 Å². The number of nitrogens with one attached hydrogen (secondary N) is 1. The van der Waals surface area contributed by atoms with Crippen LogP contribution in [0, 0.1) is 0 Å². The molecular formula is C25H20F3N3O3. The third-order valence-electron chi connectivity index (χ3n) is 5.71. The van der Waals surface area contributed by atoms with Crippen molar-refractivity contribution in [1.82, 2.24) is 5.16 Å². The first-order valence-electron chi connectivity index (χ1n) is 10.7. The summed E-state index contributed by atoms with van der Waals surface area (Å²) in [6.07, 6.45) is -4.64. The van der Waals surface area contributed by atoms with Crippen molar-refractivity contribution >= 4 is 28.2 Å². The second-order valence-corrected chi connectivity index (χ2v) is 7.89. The Labute approximate surface area is 192 Å². The summed E-state index contributed by atoms with van der Waals surface area (Å²) < 4.78 is 52.2. The number of hydrogen-bond acceptors (Lipinski definition) is 5. The molecule has 0 atom stereocenters. The van der Waals surface area contributed by atoms with Gasteiger partial charge in [-0.2, -0.15) is 13.2 Å². The van der Waals surface area contributed by atoms with E-state index < -0.39 is 17.6 Å². The minimum Gasteiger partial charge on any atom is -0.378 e. The van der Waals surface area contributed by atoms with Crippen LogP contribution < -0.4 is 10.2 Å². The summed E-state index contributed by atoms with van der Waals surface area (Å²) in [7, 11) is 0. The first-order chi connectivity index (χ1) is 16.4. The van der Waals surface area contributed by atoms with Crippen LogP contribution >= 0.6 is 0 Å². The molecule has 0 aliphatic carbocycles. The van der Waals surface area contributed by atoms with Gasteiger partial charge in [0, 0.05) is 29.9 Å². The Bertz CT molecular complexity index is 1330. The number of halogens is 3. The third-order valence-corrected chi connectivity index (χ3v) is 5.71. The van der Waals surface area contributed by atoms with Crippen LogP contribution in [0.1, 0.15) is 15.9 Å². The highest BCUT2D eigenvalue weighted by molar-refractivity contribution is 6.07. The number of amides is 1. The Morgan fingerprint density at radius 1 is 0.971 bits per heavy atom. The fourth-order valence-electron chi connectivity index (χ4n) is 3.97. The van der Waals surface area contributed by atoms with Gasteiger partial charge in [0.1, 0.15) is 5.52 Å². The predicted octanol–water partition coefficient (Wildman–Crippen LogP) is 5.60. The van der Waals surface area contributed by atoms with Gasteiger partial charge in [-0.25, -0.2) is 0 Å². The molecule has 0 radical (unpaired) electrons. The fraction of sp³-hybridized carbons (Fsp3) is 0.200. The van der Waals surface area contributed by atoms with Gasteiger partial charge in [-0.05, 0) is 36.4 Å². The zero-order valence-corrected chi connectivity index (χ0v) is 17.9. The summed E-state index contributed by atoms with van der Waals surface area (Å²) in [4.78, 5) is 14.8. The summed E-state index contributed by atoms with van der Waals surface area (Å²) in [6, 6.07) is 17.9. The highest BCUT2D eigenvalue weighted by atomic mass is 19.4. The molecule has 1 saturated heterocycles. The number of carbonyl (C=O) groups is 1. The summed E-state index contributed by atoms with van der Waals surface area (Å²) in [5.41, 5.74) is 0.747. The molecule has 1 fully saturated rings. The number of hydrogen-bond donors (Lipinski definition) is 1. The predicted molar refractivity (Wildman–Crippen MR) is 122 cm³/mol. The molecule has 1 aliphatic rings. The molecule has 3 aromatic carbocycles. The summed E-state index contributed by atoms with van der Waals surface area (Å²) in [5, 5.41) is 7.03. The Balaban J connectivity index is 1.45. The molecule has 4 aromatic rings. The van der Waals surface area contributed by atoms with E-state index in [-0.39, 0.29) is 11.3 Å². The first kappa shape index (κ1) is 22.0. The van der Waals surface area contributed by atoms with Crippen molar-refractivity contribution in [2.45, 2.75) is 6.18 Å². The van der Waals surface area contributed by atoms with Crippen LogP contribution in [-0.2, 0) is 10.9 Å². The Morgan fingerprint density at radius 2 is 1.74 bits per heavy atom. The van der Waals surface area contributed by atoms with E-state index in [1.165, 1.54) is 12.1 Å². The second-order valence-electron chi connectivity index (χ2n) is 7.89. The largest absolute Gasteiger partial charge is 0.418 e. The van der Waals surface area contributed by atoms with E-state index >= 15 is 0 Å². The van der Waals surface area contributed by atoms with Gasteiger partial charge < -0.3 is 19.5 Å². The van der Waals surface area contributed by atoms with Gasteiger partial charge in [0.05, 0.1) is 29.9 Å². The maximum absolute atomic E-state index is 13.8. The molecule has 34 heavy (non-hydrogen) atoms. The number of benzene rings is 3. The summed E-state index contributed by atoms with van der Waals surface area (Å²) in [5.74, 6) is -0.178. The summed E-state index contributed by atoms with van der Waals surface area (Å²) in [6.45, 7) is 1.92. The monoisotopic (exact) mass is 467 g/mol. The number of anilines is 2. The molecule has 0 saturated carbocycles. The summed E-state index contributed by atoms with van der Waals surface area (Å²) >= 11 is 0. The Morgan fingerprint density at radius 3 is 2.47 bits per heavy atom. The van der Waals surface area contributed by atoms with Crippen LogP contribution in [0.4, 0.5) is 24.5 Å². The number of rotatable bonds is 4. The van der Waals surface area contributed by atoms with Crippen molar-refractivity contribution in [3.8, 4) is 11.3 Å². The van der Waals surface area contributed by atoms with E-state index in [4.69, 9.17) is 9.26 Å². The van der Waals surface area contributed by atoms with Gasteiger partial charge >= 0.3 is 6.18 Å². The minimum absolute atomic E-state index is 0.193. The quantitative estimate of drug-likeness (QED) is 0.423. The van der Waals surface area contributed by atoms with Crippen LogP contribution in [0.3, 0.4) is 0 Å². The van der Waals surface area contributed by atoms with E-state index in [1.54, 1.807) is 18.2 Å². The molecule has 0 bridgehead atoms. The number of alkyl halides is 3. The zero-order chi connectivity index (χ0) is 23.7. The standard InChI is InChI=1S/C25H20F3N3O3/c26-25(27,28)20-15-18(31-10-12-33-13-11-31)7-9-22(20)29-24(32)17-6-8-21-19(14-17)23(34-30-21)16-4-2-1-3-5-16/h1-9,14-15H,10-13H2,(H,29,32). The van der Waals surface area contributed by atoms with Crippen LogP contribution in [-0.4, -0.2) is 37.4 Å². The lowest BCUT2D eigenvalue weighted by molar-refractivity contribution is -0.136. The van der Waals surface area contributed by atoms with Crippen molar-refractivity contribution in [1.29, 1.82) is 0 Å². The molecule has 6 nitrogen and oxygen atoms in total. The number of carbonyl (C=O) groups excluding carboxylic acids is 1. The van der Waals surface area contributed by atoms with E-state index in [0.29, 0.717) is 48.7 Å². The van der Waals surface area contributed by atoms with E-state index in [1.807, 2.05) is 35.2 Å². The third kappa shape index (κ3) is 4.34. The van der Waals surface area contributed by atoms with E-state index in [2.05, 4.69) is 10.5 Å². The molecule has 2 heterocycles. The van der Waals surface area contributed by atoms with Gasteiger partial charge in [0.15, 0.2) is 5.76 Å². The van der Waals surface area contributed by atoms with Gasteiger partial charge in [-0.3, -0.25) is 4.79 Å². The van der Waals surface area contributed by atoms with Gasteiger partial charge in [-0.1, -0.05) is 35.5 Å². The molecule has 1 N–H and O–H groups in total. The fourth-order valence-corrected chi connectivity index (χ4v) is 3.97. The van der Waals surface area contributed by atoms with Crippen molar-refractivity contribution in [2.75, 3.05) is 36.5 Å². The zero-order valence-electron chi connectivity index (χ0n) is 17.9. The maximum Gasteiger partial charge on any atom is 0.418 e. The molecule has 1 aliphatic heterocycles. The van der Waals surface area contributed by atoms with Crippen molar-refractivity contribution in [3.63, 3.8) is 0 Å². The Hall–Kier alpha value is -3.85. The van der Waals surface area contributed by atoms with Crippen molar-refractivity contribution < 1.29 is 27.2 Å². The number of fused-ring (bicyclic) bond motifs is 1. The SMILES string of the molecule is O=C(Nc1ccc(N2CCOCC2)cc1C(F)(F)F)c1ccc2noc(-c3ccccc3)c2c1. The molecule has 0 unspecified atom stereocenters. The van der Waals surface area contributed by atoms with Gasteiger partial charge in [-0.15, -0.1) is 0 Å². The van der Waals surface area contributed by atoms with Crippen LogP contribution in [0.25, 0.3) is 22.2 Å². The average molecular weight is 467 g/mol. The van der Waals surface area contributed by atoms with Crippen LogP contribution in [0.2, 0.25) is 0 Å². The molecule has 1 amide bonds. The lowest BCUT2D eigenvalue weighted by Gasteiger charge is -2.29. The molecule has 174 valence electrons. The van der Waals surface area contributed by atoms with Crippen molar-refractivity contribution in [3.05, 3.63) is 77.9 Å².